The average Bonchev–Trinajstić information content (AvgIpc) is 2.29. The average molecular weight is 218 g/mol. The minimum Gasteiger partial charge on any atom is -0.366 e. The molecule has 0 spiro atoms. The Balaban J connectivity index is 2.40. The van der Waals surface area contributed by atoms with Gasteiger partial charge in [0.2, 0.25) is 5.91 Å². The summed E-state index contributed by atoms with van der Waals surface area (Å²) in [7, 11) is 0. The SMILES string of the molecule is Cc1cccc(C(N)=O)c1C1CCNCC1. The van der Waals surface area contributed by atoms with E-state index in [2.05, 4.69) is 18.3 Å². The van der Waals surface area contributed by atoms with Crippen LogP contribution in [0.25, 0.3) is 0 Å². The zero-order chi connectivity index (χ0) is 11.5. The molecular formula is C13H18N2O. The molecule has 3 nitrogen and oxygen atoms in total. The van der Waals surface area contributed by atoms with Crippen LogP contribution in [0.15, 0.2) is 18.2 Å². The molecule has 1 aliphatic rings. The number of amides is 1. The number of hydrogen-bond acceptors (Lipinski definition) is 2. The van der Waals surface area contributed by atoms with Crippen molar-refractivity contribution in [2.75, 3.05) is 13.1 Å². The number of piperidine rings is 1. The van der Waals surface area contributed by atoms with Crippen molar-refractivity contribution in [1.82, 2.24) is 5.32 Å². The smallest absolute Gasteiger partial charge is 0.248 e. The summed E-state index contributed by atoms with van der Waals surface area (Å²) >= 11 is 0. The van der Waals surface area contributed by atoms with E-state index in [4.69, 9.17) is 5.73 Å². The molecule has 1 fully saturated rings. The molecule has 0 unspecified atom stereocenters. The van der Waals surface area contributed by atoms with Crippen LogP contribution in [0.1, 0.15) is 40.2 Å². The standard InChI is InChI=1S/C13H18N2O/c1-9-3-2-4-11(13(14)16)12(9)10-5-7-15-8-6-10/h2-4,10,15H,5-8H2,1H3,(H2,14,16). The third-order valence-corrected chi connectivity index (χ3v) is 3.34. The lowest BCUT2D eigenvalue weighted by atomic mass is 9.84. The van der Waals surface area contributed by atoms with Crippen molar-refractivity contribution in [3.05, 3.63) is 34.9 Å². The molecule has 2 rings (SSSR count). The van der Waals surface area contributed by atoms with Gasteiger partial charge in [-0.05, 0) is 56.0 Å². The fraction of sp³-hybridized carbons (Fsp3) is 0.462. The van der Waals surface area contributed by atoms with Gasteiger partial charge in [0.25, 0.3) is 0 Å². The summed E-state index contributed by atoms with van der Waals surface area (Å²) in [5.74, 6) is 0.169. The Labute approximate surface area is 96.0 Å². The zero-order valence-corrected chi connectivity index (χ0v) is 9.62. The number of hydrogen-bond donors (Lipinski definition) is 2. The first-order chi connectivity index (χ1) is 7.70. The number of benzene rings is 1. The van der Waals surface area contributed by atoms with Gasteiger partial charge >= 0.3 is 0 Å². The molecule has 1 aromatic rings. The third kappa shape index (κ3) is 2.09. The number of rotatable bonds is 2. The van der Waals surface area contributed by atoms with E-state index in [1.807, 2.05) is 12.1 Å². The molecule has 0 bridgehead atoms. The summed E-state index contributed by atoms with van der Waals surface area (Å²) < 4.78 is 0. The maximum absolute atomic E-state index is 11.4. The maximum Gasteiger partial charge on any atom is 0.248 e. The molecule has 86 valence electrons. The van der Waals surface area contributed by atoms with E-state index < -0.39 is 0 Å². The van der Waals surface area contributed by atoms with Crippen molar-refractivity contribution < 1.29 is 4.79 Å². The topological polar surface area (TPSA) is 55.1 Å². The highest BCUT2D eigenvalue weighted by Gasteiger charge is 2.21. The quantitative estimate of drug-likeness (QED) is 0.791. The predicted molar refractivity (Wildman–Crippen MR) is 64.5 cm³/mol. The van der Waals surface area contributed by atoms with E-state index in [1.54, 1.807) is 0 Å². The number of nitrogens with one attached hydrogen (secondary N) is 1. The highest BCUT2D eigenvalue weighted by Crippen LogP contribution is 2.30. The molecule has 0 aliphatic carbocycles. The van der Waals surface area contributed by atoms with E-state index in [0.717, 1.165) is 31.5 Å². The normalized spacial score (nSPS) is 17.3. The van der Waals surface area contributed by atoms with Gasteiger partial charge in [0.1, 0.15) is 0 Å². The van der Waals surface area contributed by atoms with Crippen molar-refractivity contribution in [2.45, 2.75) is 25.7 Å². The first-order valence-electron chi connectivity index (χ1n) is 5.80. The number of aryl methyl sites for hydroxylation is 1. The Morgan fingerprint density at radius 2 is 2.06 bits per heavy atom. The molecule has 0 atom stereocenters. The molecule has 3 heteroatoms. The first-order valence-corrected chi connectivity index (χ1v) is 5.80. The predicted octanol–water partition coefficient (Wildman–Crippen LogP) is 1.56. The number of carbonyl (C=O) groups excluding carboxylic acids is 1. The monoisotopic (exact) mass is 218 g/mol. The maximum atomic E-state index is 11.4. The van der Waals surface area contributed by atoms with Crippen molar-refractivity contribution in [3.63, 3.8) is 0 Å². The highest BCUT2D eigenvalue weighted by molar-refractivity contribution is 5.94. The number of nitrogens with two attached hydrogens (primary N) is 1. The van der Waals surface area contributed by atoms with E-state index in [9.17, 15) is 4.79 Å². The largest absolute Gasteiger partial charge is 0.366 e. The van der Waals surface area contributed by atoms with E-state index >= 15 is 0 Å². The molecule has 0 aromatic heterocycles. The van der Waals surface area contributed by atoms with Crippen molar-refractivity contribution in [2.24, 2.45) is 5.73 Å². The van der Waals surface area contributed by atoms with Crippen LogP contribution >= 0.6 is 0 Å². The number of carbonyl (C=O) groups is 1. The molecule has 1 heterocycles. The minimum atomic E-state index is -0.308. The Bertz CT molecular complexity index is 395. The van der Waals surface area contributed by atoms with Gasteiger partial charge in [-0.2, -0.15) is 0 Å². The summed E-state index contributed by atoms with van der Waals surface area (Å²) in [5.41, 5.74) is 8.48. The summed E-state index contributed by atoms with van der Waals surface area (Å²) in [4.78, 5) is 11.4. The van der Waals surface area contributed by atoms with Gasteiger partial charge in [0, 0.05) is 5.56 Å². The molecule has 1 aliphatic heterocycles. The molecule has 1 amide bonds. The van der Waals surface area contributed by atoms with Gasteiger partial charge in [-0.1, -0.05) is 12.1 Å². The van der Waals surface area contributed by atoms with Crippen LogP contribution in [0.4, 0.5) is 0 Å². The molecule has 1 aromatic carbocycles. The van der Waals surface area contributed by atoms with E-state index in [0.29, 0.717) is 11.5 Å². The lowest BCUT2D eigenvalue weighted by Crippen LogP contribution is -2.28. The summed E-state index contributed by atoms with van der Waals surface area (Å²) in [6.45, 7) is 4.11. The zero-order valence-electron chi connectivity index (χ0n) is 9.62. The van der Waals surface area contributed by atoms with Crippen LogP contribution in [-0.4, -0.2) is 19.0 Å². The molecular weight excluding hydrogens is 200 g/mol. The summed E-state index contributed by atoms with van der Waals surface area (Å²) in [6, 6.07) is 5.80. The fourth-order valence-electron chi connectivity index (χ4n) is 2.55. The van der Waals surface area contributed by atoms with Gasteiger partial charge in [-0.25, -0.2) is 0 Å². The van der Waals surface area contributed by atoms with Crippen LogP contribution in [-0.2, 0) is 0 Å². The molecule has 3 N–H and O–H groups in total. The van der Waals surface area contributed by atoms with Gasteiger partial charge in [0.15, 0.2) is 0 Å². The third-order valence-electron chi connectivity index (χ3n) is 3.34. The fourth-order valence-corrected chi connectivity index (χ4v) is 2.55. The van der Waals surface area contributed by atoms with E-state index in [1.165, 1.54) is 5.56 Å². The Kier molecular flexibility index (Phi) is 3.25. The lowest BCUT2D eigenvalue weighted by molar-refractivity contribution is 0.0998. The van der Waals surface area contributed by atoms with Crippen LogP contribution in [0.2, 0.25) is 0 Å². The van der Waals surface area contributed by atoms with Crippen LogP contribution in [0.5, 0.6) is 0 Å². The molecule has 16 heavy (non-hydrogen) atoms. The highest BCUT2D eigenvalue weighted by atomic mass is 16.1. The molecule has 0 saturated carbocycles. The van der Waals surface area contributed by atoms with Gasteiger partial charge < -0.3 is 11.1 Å². The minimum absolute atomic E-state index is 0.308. The summed E-state index contributed by atoms with van der Waals surface area (Å²) in [5, 5.41) is 3.34. The van der Waals surface area contributed by atoms with Crippen molar-refractivity contribution in [3.8, 4) is 0 Å². The second-order valence-electron chi connectivity index (χ2n) is 4.42. The van der Waals surface area contributed by atoms with Gasteiger partial charge in [0.05, 0.1) is 0 Å². The molecule has 1 saturated heterocycles. The second-order valence-corrected chi connectivity index (χ2v) is 4.42. The lowest BCUT2D eigenvalue weighted by Gasteiger charge is -2.26. The van der Waals surface area contributed by atoms with Crippen LogP contribution in [0, 0.1) is 6.92 Å². The summed E-state index contributed by atoms with van der Waals surface area (Å²) in [6.07, 6.45) is 2.18. The van der Waals surface area contributed by atoms with Gasteiger partial charge in [-0.15, -0.1) is 0 Å². The van der Waals surface area contributed by atoms with E-state index in [-0.39, 0.29) is 5.91 Å². The Hall–Kier alpha value is -1.35. The second kappa shape index (κ2) is 4.66. The van der Waals surface area contributed by atoms with Crippen LogP contribution < -0.4 is 11.1 Å². The Morgan fingerprint density at radius 1 is 1.38 bits per heavy atom. The Morgan fingerprint density at radius 3 is 2.69 bits per heavy atom. The van der Waals surface area contributed by atoms with Crippen molar-refractivity contribution >= 4 is 5.91 Å². The molecule has 0 radical (unpaired) electrons. The van der Waals surface area contributed by atoms with Gasteiger partial charge in [-0.3, -0.25) is 4.79 Å². The number of primary amides is 1. The first kappa shape index (κ1) is 11.1. The van der Waals surface area contributed by atoms with Crippen LogP contribution in [0.3, 0.4) is 0 Å². The van der Waals surface area contributed by atoms with Crippen molar-refractivity contribution in [1.29, 1.82) is 0 Å².